The maximum atomic E-state index is 5.82. The van der Waals surface area contributed by atoms with Crippen LogP contribution in [0.15, 0.2) is 48.8 Å². The summed E-state index contributed by atoms with van der Waals surface area (Å²) < 4.78 is 0. The van der Waals surface area contributed by atoms with Crippen molar-refractivity contribution in [2.24, 2.45) is 5.73 Å². The van der Waals surface area contributed by atoms with Crippen LogP contribution in [0.4, 0.5) is 5.69 Å². The maximum Gasteiger partial charge on any atom is 0.0363 e. The first-order valence-corrected chi connectivity index (χ1v) is 7.09. The summed E-state index contributed by atoms with van der Waals surface area (Å²) in [5, 5.41) is 0. The van der Waals surface area contributed by atoms with E-state index in [9.17, 15) is 0 Å². The van der Waals surface area contributed by atoms with Crippen molar-refractivity contribution in [2.45, 2.75) is 25.8 Å². The highest BCUT2D eigenvalue weighted by molar-refractivity contribution is 5.47. The second kappa shape index (κ2) is 7.06. The van der Waals surface area contributed by atoms with Crippen molar-refractivity contribution in [3.05, 3.63) is 59.9 Å². The summed E-state index contributed by atoms with van der Waals surface area (Å²) in [6.45, 7) is 3.03. The van der Waals surface area contributed by atoms with Gasteiger partial charge in [0.1, 0.15) is 0 Å². The zero-order valence-electron chi connectivity index (χ0n) is 12.3. The molecule has 0 saturated carbocycles. The molecule has 106 valence electrons. The quantitative estimate of drug-likeness (QED) is 0.876. The molecule has 0 spiro atoms. The van der Waals surface area contributed by atoms with E-state index in [2.05, 4.69) is 53.3 Å². The Bertz CT molecular complexity index is 506. The Labute approximate surface area is 121 Å². The van der Waals surface area contributed by atoms with E-state index in [0.717, 1.165) is 19.4 Å². The number of nitrogens with zero attached hydrogens (tertiary/aromatic N) is 2. The predicted molar refractivity (Wildman–Crippen MR) is 85.0 cm³/mol. The molecular weight excluding hydrogens is 246 g/mol. The van der Waals surface area contributed by atoms with Crippen molar-refractivity contribution in [3.8, 4) is 0 Å². The summed E-state index contributed by atoms with van der Waals surface area (Å²) in [7, 11) is 2.13. The molecule has 0 radical (unpaired) electrons. The molecule has 1 heterocycles. The van der Waals surface area contributed by atoms with Crippen LogP contribution in [-0.2, 0) is 12.8 Å². The number of hydrogen-bond donors (Lipinski definition) is 1. The number of nitrogens with two attached hydrogens (primary N) is 1. The lowest BCUT2D eigenvalue weighted by molar-refractivity contribution is 0.738. The molecule has 0 fully saturated rings. The van der Waals surface area contributed by atoms with Crippen LogP contribution in [0.25, 0.3) is 0 Å². The van der Waals surface area contributed by atoms with Crippen molar-refractivity contribution in [3.63, 3.8) is 0 Å². The fraction of sp³-hybridized carbons (Fsp3) is 0.353. The molecule has 1 aromatic carbocycles. The van der Waals surface area contributed by atoms with Gasteiger partial charge < -0.3 is 10.6 Å². The van der Waals surface area contributed by atoms with Gasteiger partial charge in [-0.1, -0.05) is 12.1 Å². The highest BCUT2D eigenvalue weighted by atomic mass is 15.1. The summed E-state index contributed by atoms with van der Waals surface area (Å²) in [6.07, 6.45) is 5.65. The van der Waals surface area contributed by atoms with Crippen LogP contribution in [0.3, 0.4) is 0 Å². The van der Waals surface area contributed by atoms with Gasteiger partial charge in [0.15, 0.2) is 0 Å². The van der Waals surface area contributed by atoms with Crippen LogP contribution in [-0.4, -0.2) is 24.6 Å². The molecular formula is C17H23N3. The minimum Gasteiger partial charge on any atom is -0.374 e. The fourth-order valence-electron chi connectivity index (χ4n) is 2.23. The Balaban J connectivity index is 1.90. The molecule has 0 saturated heterocycles. The lowest BCUT2D eigenvalue weighted by Crippen LogP contribution is -2.20. The molecule has 2 aromatic rings. The number of likely N-dealkylation sites (N-methyl/N-ethyl adjacent to an activating group) is 1. The maximum absolute atomic E-state index is 5.82. The third-order valence-electron chi connectivity index (χ3n) is 3.42. The standard InChI is InChI=1S/C17H23N3/c1-14(18)13-16-3-5-17(6-4-16)20(2)12-9-15-7-10-19-11-8-15/h3-8,10-11,14H,9,12-13,18H2,1-2H3. The molecule has 20 heavy (non-hydrogen) atoms. The third-order valence-corrected chi connectivity index (χ3v) is 3.42. The fourth-order valence-corrected chi connectivity index (χ4v) is 2.23. The largest absolute Gasteiger partial charge is 0.374 e. The average Bonchev–Trinajstić information content (AvgIpc) is 2.46. The molecule has 1 atom stereocenters. The lowest BCUT2D eigenvalue weighted by Gasteiger charge is -2.19. The topological polar surface area (TPSA) is 42.1 Å². The van der Waals surface area contributed by atoms with Crippen LogP contribution >= 0.6 is 0 Å². The first-order valence-electron chi connectivity index (χ1n) is 7.09. The molecule has 3 nitrogen and oxygen atoms in total. The Kier molecular flexibility index (Phi) is 5.13. The molecule has 2 rings (SSSR count). The van der Waals surface area contributed by atoms with Crippen molar-refractivity contribution < 1.29 is 0 Å². The molecule has 0 aliphatic carbocycles. The predicted octanol–water partition coefficient (Wildman–Crippen LogP) is 2.65. The SMILES string of the molecule is CC(N)Cc1ccc(N(C)CCc2ccncc2)cc1. The number of hydrogen-bond acceptors (Lipinski definition) is 3. The van der Waals surface area contributed by atoms with E-state index in [-0.39, 0.29) is 6.04 Å². The van der Waals surface area contributed by atoms with Crippen LogP contribution in [0.5, 0.6) is 0 Å². The summed E-state index contributed by atoms with van der Waals surface area (Å²) in [4.78, 5) is 6.31. The van der Waals surface area contributed by atoms with Crippen LogP contribution < -0.4 is 10.6 Å². The minimum atomic E-state index is 0.213. The number of benzene rings is 1. The molecule has 2 N–H and O–H groups in total. The average molecular weight is 269 g/mol. The number of aromatic nitrogens is 1. The van der Waals surface area contributed by atoms with Gasteiger partial charge in [0.2, 0.25) is 0 Å². The molecule has 0 amide bonds. The number of rotatable bonds is 6. The van der Waals surface area contributed by atoms with Gasteiger partial charge in [-0.3, -0.25) is 4.98 Å². The highest BCUT2D eigenvalue weighted by Crippen LogP contribution is 2.15. The van der Waals surface area contributed by atoms with E-state index in [1.165, 1.54) is 16.8 Å². The second-order valence-corrected chi connectivity index (χ2v) is 5.37. The lowest BCUT2D eigenvalue weighted by atomic mass is 10.1. The molecule has 0 aliphatic rings. The smallest absolute Gasteiger partial charge is 0.0363 e. The monoisotopic (exact) mass is 269 g/mol. The Morgan fingerprint density at radius 1 is 1.05 bits per heavy atom. The van der Waals surface area contributed by atoms with Gasteiger partial charge in [-0.05, 0) is 55.2 Å². The van der Waals surface area contributed by atoms with Crippen molar-refractivity contribution in [2.75, 3.05) is 18.5 Å². The zero-order chi connectivity index (χ0) is 14.4. The van der Waals surface area contributed by atoms with Gasteiger partial charge in [-0.2, -0.15) is 0 Å². The highest BCUT2D eigenvalue weighted by Gasteiger charge is 2.03. The molecule has 0 aliphatic heterocycles. The number of anilines is 1. The van der Waals surface area contributed by atoms with Gasteiger partial charge >= 0.3 is 0 Å². The van der Waals surface area contributed by atoms with E-state index in [4.69, 9.17) is 5.73 Å². The second-order valence-electron chi connectivity index (χ2n) is 5.37. The summed E-state index contributed by atoms with van der Waals surface area (Å²) in [5.41, 5.74) is 9.68. The first kappa shape index (κ1) is 14.5. The van der Waals surface area contributed by atoms with Gasteiger partial charge in [0.25, 0.3) is 0 Å². The number of pyridine rings is 1. The van der Waals surface area contributed by atoms with Crippen LogP contribution in [0.2, 0.25) is 0 Å². The van der Waals surface area contributed by atoms with Gasteiger partial charge in [0.05, 0.1) is 0 Å². The van der Waals surface area contributed by atoms with Crippen LogP contribution in [0, 0.1) is 0 Å². The molecule has 1 unspecified atom stereocenters. The summed E-state index contributed by atoms with van der Waals surface area (Å²) in [6, 6.07) is 13.0. The van der Waals surface area contributed by atoms with E-state index in [1.54, 1.807) is 0 Å². The van der Waals surface area contributed by atoms with Gasteiger partial charge in [-0.15, -0.1) is 0 Å². The third kappa shape index (κ3) is 4.35. The minimum absolute atomic E-state index is 0.213. The Morgan fingerprint density at radius 3 is 2.30 bits per heavy atom. The normalized spacial score (nSPS) is 12.2. The van der Waals surface area contributed by atoms with Gasteiger partial charge in [-0.25, -0.2) is 0 Å². The van der Waals surface area contributed by atoms with Crippen LogP contribution in [0.1, 0.15) is 18.1 Å². The van der Waals surface area contributed by atoms with E-state index < -0.39 is 0 Å². The van der Waals surface area contributed by atoms with Gasteiger partial charge in [0, 0.05) is 37.7 Å². The van der Waals surface area contributed by atoms with E-state index in [1.807, 2.05) is 19.3 Å². The van der Waals surface area contributed by atoms with Crippen molar-refractivity contribution >= 4 is 5.69 Å². The Hall–Kier alpha value is -1.87. The molecule has 3 heteroatoms. The van der Waals surface area contributed by atoms with E-state index >= 15 is 0 Å². The first-order chi connectivity index (χ1) is 9.65. The molecule has 0 bridgehead atoms. The Morgan fingerprint density at radius 2 is 1.70 bits per heavy atom. The molecule has 1 aromatic heterocycles. The summed E-state index contributed by atoms with van der Waals surface area (Å²) in [5.74, 6) is 0. The zero-order valence-corrected chi connectivity index (χ0v) is 12.3. The van der Waals surface area contributed by atoms with E-state index in [0.29, 0.717) is 0 Å². The van der Waals surface area contributed by atoms with Crippen molar-refractivity contribution in [1.82, 2.24) is 4.98 Å². The summed E-state index contributed by atoms with van der Waals surface area (Å²) >= 11 is 0. The van der Waals surface area contributed by atoms with Crippen molar-refractivity contribution in [1.29, 1.82) is 0 Å².